The molecular formula is C15H21N3O2S. The van der Waals surface area contributed by atoms with E-state index in [1.165, 1.54) is 0 Å². The van der Waals surface area contributed by atoms with Gasteiger partial charge >= 0.3 is 0 Å². The van der Waals surface area contributed by atoms with Crippen LogP contribution in [-0.2, 0) is 4.79 Å². The predicted molar refractivity (Wildman–Crippen MR) is 87.9 cm³/mol. The molecule has 2 rings (SSSR count). The summed E-state index contributed by atoms with van der Waals surface area (Å²) in [5, 5.41) is 2.74. The Hall–Kier alpha value is -1.82. The van der Waals surface area contributed by atoms with Crippen LogP contribution in [0.2, 0.25) is 0 Å². The van der Waals surface area contributed by atoms with Gasteiger partial charge in [0.1, 0.15) is 10.7 Å². The molecule has 21 heavy (non-hydrogen) atoms. The van der Waals surface area contributed by atoms with Crippen molar-refractivity contribution >= 4 is 28.8 Å². The number of thiocarbonyl (C=S) groups is 1. The lowest BCUT2D eigenvalue weighted by Crippen LogP contribution is -2.39. The molecule has 1 aromatic rings. The van der Waals surface area contributed by atoms with Gasteiger partial charge in [-0.25, -0.2) is 0 Å². The molecule has 1 aliphatic rings. The largest absolute Gasteiger partial charge is 0.497 e. The first kappa shape index (κ1) is 15.6. The van der Waals surface area contributed by atoms with Crippen molar-refractivity contribution in [3.63, 3.8) is 0 Å². The number of nitrogens with one attached hydrogen (secondary N) is 1. The summed E-state index contributed by atoms with van der Waals surface area (Å²) in [6.07, 6.45) is 0.792. The van der Waals surface area contributed by atoms with Crippen LogP contribution in [0.4, 0.5) is 5.69 Å². The van der Waals surface area contributed by atoms with Gasteiger partial charge in [-0.1, -0.05) is 12.2 Å². The number of anilines is 1. The zero-order valence-electron chi connectivity index (χ0n) is 12.6. The third kappa shape index (κ3) is 2.95. The third-order valence-corrected chi connectivity index (χ3v) is 4.28. The van der Waals surface area contributed by atoms with Crippen molar-refractivity contribution in [1.29, 1.82) is 0 Å². The number of rotatable bonds is 4. The van der Waals surface area contributed by atoms with Crippen LogP contribution in [0, 0.1) is 5.41 Å². The first-order valence-electron chi connectivity index (χ1n) is 6.86. The van der Waals surface area contributed by atoms with E-state index in [2.05, 4.69) is 10.2 Å². The summed E-state index contributed by atoms with van der Waals surface area (Å²) in [6, 6.07) is 5.63. The van der Waals surface area contributed by atoms with Gasteiger partial charge in [0.05, 0.1) is 18.2 Å². The van der Waals surface area contributed by atoms with E-state index in [0.29, 0.717) is 11.5 Å². The van der Waals surface area contributed by atoms with E-state index in [-0.39, 0.29) is 5.91 Å². The van der Waals surface area contributed by atoms with Gasteiger partial charge in [0.15, 0.2) is 0 Å². The van der Waals surface area contributed by atoms with Crippen LogP contribution in [0.15, 0.2) is 18.2 Å². The fourth-order valence-electron chi connectivity index (χ4n) is 2.76. The molecule has 1 amide bonds. The highest BCUT2D eigenvalue weighted by Gasteiger charge is 2.40. The maximum atomic E-state index is 12.0. The number of hydrogen-bond donors (Lipinski definition) is 2. The summed E-state index contributed by atoms with van der Waals surface area (Å²) in [4.78, 5) is 14.5. The lowest BCUT2D eigenvalue weighted by Gasteiger charge is -2.25. The third-order valence-electron chi connectivity index (χ3n) is 4.06. The molecule has 1 unspecified atom stereocenters. The van der Waals surface area contributed by atoms with Crippen molar-refractivity contribution in [3.8, 4) is 5.75 Å². The van der Waals surface area contributed by atoms with Gasteiger partial charge in [-0.2, -0.15) is 0 Å². The molecule has 1 atom stereocenters. The number of carbonyl (C=O) groups is 1. The standard InChI is InChI=1S/C15H21N3O2S/c1-15(14(19)17-2)6-7-18(9-15)12-8-10(20-3)4-5-11(12)13(16)21/h4-5,8H,6-7,9H2,1-3H3,(H2,16,21)(H,17,19). The monoisotopic (exact) mass is 307 g/mol. The average Bonchev–Trinajstić information content (AvgIpc) is 2.89. The highest BCUT2D eigenvalue weighted by Crippen LogP contribution is 2.36. The summed E-state index contributed by atoms with van der Waals surface area (Å²) in [5.74, 6) is 0.809. The fraction of sp³-hybridized carbons (Fsp3) is 0.467. The van der Waals surface area contributed by atoms with Gasteiger partial charge in [-0.15, -0.1) is 0 Å². The number of carbonyl (C=O) groups excluding carboxylic acids is 1. The van der Waals surface area contributed by atoms with E-state index in [4.69, 9.17) is 22.7 Å². The molecule has 1 heterocycles. The molecule has 1 saturated heterocycles. The Morgan fingerprint density at radius 2 is 2.24 bits per heavy atom. The smallest absolute Gasteiger partial charge is 0.227 e. The maximum absolute atomic E-state index is 12.0. The van der Waals surface area contributed by atoms with Crippen LogP contribution >= 0.6 is 12.2 Å². The summed E-state index contributed by atoms with van der Waals surface area (Å²) < 4.78 is 5.28. The topological polar surface area (TPSA) is 67.6 Å². The van der Waals surface area contributed by atoms with Gasteiger partial charge in [0.2, 0.25) is 5.91 Å². The molecule has 0 aliphatic carbocycles. The Labute approximate surface area is 130 Å². The molecule has 0 radical (unpaired) electrons. The Morgan fingerprint density at radius 1 is 1.52 bits per heavy atom. The van der Waals surface area contributed by atoms with Crippen molar-refractivity contribution in [2.45, 2.75) is 13.3 Å². The molecular weight excluding hydrogens is 286 g/mol. The molecule has 1 aliphatic heterocycles. The minimum Gasteiger partial charge on any atom is -0.497 e. The second kappa shape index (κ2) is 5.89. The molecule has 114 valence electrons. The molecule has 1 fully saturated rings. The lowest BCUT2D eigenvalue weighted by molar-refractivity contribution is -0.128. The van der Waals surface area contributed by atoms with E-state index in [1.54, 1.807) is 14.2 Å². The molecule has 3 N–H and O–H groups in total. The zero-order chi connectivity index (χ0) is 15.6. The number of benzene rings is 1. The number of nitrogens with two attached hydrogens (primary N) is 1. The van der Waals surface area contributed by atoms with Crippen LogP contribution in [-0.4, -0.2) is 38.1 Å². The van der Waals surface area contributed by atoms with Gasteiger partial charge in [-0.05, 0) is 25.5 Å². The van der Waals surface area contributed by atoms with Crippen LogP contribution in [0.1, 0.15) is 18.9 Å². The Balaban J connectivity index is 2.34. The zero-order valence-corrected chi connectivity index (χ0v) is 13.4. The average molecular weight is 307 g/mol. The van der Waals surface area contributed by atoms with Crippen molar-refractivity contribution in [3.05, 3.63) is 23.8 Å². The molecule has 5 nitrogen and oxygen atoms in total. The predicted octanol–water partition coefficient (Wildman–Crippen LogP) is 1.29. The van der Waals surface area contributed by atoms with E-state index in [9.17, 15) is 4.79 Å². The highest BCUT2D eigenvalue weighted by molar-refractivity contribution is 7.80. The first-order chi connectivity index (χ1) is 9.91. The minimum atomic E-state index is -0.398. The highest BCUT2D eigenvalue weighted by atomic mass is 32.1. The number of amides is 1. The number of nitrogens with zero attached hydrogens (tertiary/aromatic N) is 1. The fourth-order valence-corrected chi connectivity index (χ4v) is 2.93. The molecule has 0 aromatic heterocycles. The number of hydrogen-bond acceptors (Lipinski definition) is 4. The van der Waals surface area contributed by atoms with Crippen molar-refractivity contribution < 1.29 is 9.53 Å². The minimum absolute atomic E-state index is 0.0600. The van der Waals surface area contributed by atoms with E-state index in [0.717, 1.165) is 30.0 Å². The van der Waals surface area contributed by atoms with Crippen LogP contribution in [0.25, 0.3) is 0 Å². The first-order valence-corrected chi connectivity index (χ1v) is 7.27. The Kier molecular flexibility index (Phi) is 4.37. The maximum Gasteiger partial charge on any atom is 0.227 e. The molecule has 1 aromatic carbocycles. The normalized spacial score (nSPS) is 21.2. The number of methoxy groups -OCH3 is 1. The molecule has 0 spiro atoms. The molecule has 0 bridgehead atoms. The summed E-state index contributed by atoms with van der Waals surface area (Å²) >= 11 is 5.13. The van der Waals surface area contributed by atoms with Crippen LogP contribution in [0.5, 0.6) is 5.75 Å². The quantitative estimate of drug-likeness (QED) is 0.821. The Bertz CT molecular complexity index is 576. The molecule has 0 saturated carbocycles. The molecule has 6 heteroatoms. The summed E-state index contributed by atoms with van der Waals surface area (Å²) in [6.45, 7) is 3.40. The van der Waals surface area contributed by atoms with Gasteiger partial charge < -0.3 is 20.7 Å². The lowest BCUT2D eigenvalue weighted by atomic mass is 9.89. The number of ether oxygens (including phenoxy) is 1. The van der Waals surface area contributed by atoms with Crippen molar-refractivity contribution in [1.82, 2.24) is 5.32 Å². The van der Waals surface area contributed by atoms with Gasteiger partial charge in [0, 0.05) is 31.8 Å². The van der Waals surface area contributed by atoms with E-state index < -0.39 is 5.41 Å². The second-order valence-electron chi connectivity index (χ2n) is 5.56. The summed E-state index contributed by atoms with van der Waals surface area (Å²) in [7, 11) is 3.29. The van der Waals surface area contributed by atoms with E-state index >= 15 is 0 Å². The van der Waals surface area contributed by atoms with Gasteiger partial charge in [-0.3, -0.25) is 4.79 Å². The van der Waals surface area contributed by atoms with Crippen molar-refractivity contribution in [2.75, 3.05) is 32.1 Å². The van der Waals surface area contributed by atoms with E-state index in [1.807, 2.05) is 25.1 Å². The summed E-state index contributed by atoms with van der Waals surface area (Å²) in [5.41, 5.74) is 7.15. The van der Waals surface area contributed by atoms with Gasteiger partial charge in [0.25, 0.3) is 0 Å². The van der Waals surface area contributed by atoms with Crippen LogP contribution < -0.4 is 20.7 Å². The SMILES string of the molecule is CNC(=O)C1(C)CCN(c2cc(OC)ccc2C(N)=S)C1. The van der Waals surface area contributed by atoms with Crippen LogP contribution in [0.3, 0.4) is 0 Å². The Morgan fingerprint density at radius 3 is 2.81 bits per heavy atom. The van der Waals surface area contributed by atoms with Crippen molar-refractivity contribution in [2.24, 2.45) is 11.1 Å². The second-order valence-corrected chi connectivity index (χ2v) is 6.00.